The zero-order valence-electron chi connectivity index (χ0n) is 7.34. The van der Waals surface area contributed by atoms with Gasteiger partial charge in [0.1, 0.15) is 0 Å². The van der Waals surface area contributed by atoms with Gasteiger partial charge in [-0.05, 0) is 13.0 Å². The van der Waals surface area contributed by atoms with Crippen LogP contribution in [-0.2, 0) is 17.9 Å². The fraction of sp³-hybridized carbons (Fsp3) is 0.444. The zero-order chi connectivity index (χ0) is 9.42. The molecule has 1 aromatic rings. The average Bonchev–Trinajstić information content (AvgIpc) is 2.45. The molecule has 1 aromatic heterocycles. The van der Waals surface area contributed by atoms with Crippen LogP contribution in [-0.4, -0.2) is 17.0 Å². The summed E-state index contributed by atoms with van der Waals surface area (Å²) in [5, 5.41) is 0. The van der Waals surface area contributed by atoms with Gasteiger partial charge in [-0.3, -0.25) is 4.79 Å². The maximum atomic E-state index is 13.5. The number of nitrogens with zero attached hydrogens (tertiary/aromatic N) is 1. The first-order chi connectivity index (χ1) is 6.20. The number of carbonyl (C=O) groups is 1. The first kappa shape index (κ1) is 8.44. The summed E-state index contributed by atoms with van der Waals surface area (Å²) < 4.78 is 20.1. The van der Waals surface area contributed by atoms with Crippen molar-refractivity contribution in [2.75, 3.05) is 6.61 Å². The number of ketones is 1. The SMILES string of the molecule is CC(=O)c1cc2n(c1F)CCOC2. The van der Waals surface area contributed by atoms with E-state index in [4.69, 9.17) is 4.74 Å². The Bertz CT molecular complexity index is 357. The van der Waals surface area contributed by atoms with Gasteiger partial charge in [-0.2, -0.15) is 4.39 Å². The summed E-state index contributed by atoms with van der Waals surface area (Å²) in [5.41, 5.74) is 0.912. The van der Waals surface area contributed by atoms with Gasteiger partial charge in [0.05, 0.1) is 18.8 Å². The quantitative estimate of drug-likeness (QED) is 0.615. The molecule has 0 spiro atoms. The highest BCUT2D eigenvalue weighted by atomic mass is 19.1. The van der Waals surface area contributed by atoms with E-state index in [1.807, 2.05) is 0 Å². The van der Waals surface area contributed by atoms with E-state index in [0.29, 0.717) is 19.8 Å². The van der Waals surface area contributed by atoms with Crippen molar-refractivity contribution in [2.24, 2.45) is 0 Å². The molecule has 1 aliphatic rings. The summed E-state index contributed by atoms with van der Waals surface area (Å²) in [6, 6.07) is 1.57. The number of Topliss-reactive ketones (excluding diaryl/α,β-unsaturated/α-hetero) is 1. The molecule has 4 heteroatoms. The van der Waals surface area contributed by atoms with E-state index in [0.717, 1.165) is 5.69 Å². The van der Waals surface area contributed by atoms with Gasteiger partial charge >= 0.3 is 0 Å². The van der Waals surface area contributed by atoms with Crippen LogP contribution in [0.5, 0.6) is 0 Å². The van der Waals surface area contributed by atoms with E-state index in [2.05, 4.69) is 0 Å². The molecule has 13 heavy (non-hydrogen) atoms. The maximum Gasteiger partial charge on any atom is 0.204 e. The predicted octanol–water partition coefficient (Wildman–Crippen LogP) is 1.36. The number of halogens is 1. The van der Waals surface area contributed by atoms with Gasteiger partial charge in [0.2, 0.25) is 5.95 Å². The van der Waals surface area contributed by atoms with Crippen molar-refractivity contribution in [3.05, 3.63) is 23.3 Å². The Morgan fingerprint density at radius 1 is 1.69 bits per heavy atom. The van der Waals surface area contributed by atoms with Crippen molar-refractivity contribution in [3.8, 4) is 0 Å². The van der Waals surface area contributed by atoms with Gasteiger partial charge in [0.25, 0.3) is 0 Å². The molecule has 0 bridgehead atoms. The molecule has 0 aromatic carbocycles. The highest BCUT2D eigenvalue weighted by molar-refractivity contribution is 5.94. The van der Waals surface area contributed by atoms with E-state index in [-0.39, 0.29) is 11.3 Å². The largest absolute Gasteiger partial charge is 0.373 e. The van der Waals surface area contributed by atoms with Crippen LogP contribution in [0.3, 0.4) is 0 Å². The third-order valence-corrected chi connectivity index (χ3v) is 2.21. The molecule has 0 unspecified atom stereocenters. The minimum atomic E-state index is -0.425. The predicted molar refractivity (Wildman–Crippen MR) is 44.1 cm³/mol. The summed E-state index contributed by atoms with van der Waals surface area (Å²) in [5.74, 6) is -0.662. The van der Waals surface area contributed by atoms with Crippen LogP contribution in [0.25, 0.3) is 0 Å². The molecule has 2 rings (SSSR count). The van der Waals surface area contributed by atoms with Crippen LogP contribution in [0.1, 0.15) is 23.0 Å². The average molecular weight is 183 g/mol. The Morgan fingerprint density at radius 2 is 2.46 bits per heavy atom. The van der Waals surface area contributed by atoms with Crippen LogP contribution < -0.4 is 0 Å². The number of aromatic nitrogens is 1. The molecule has 0 N–H and O–H groups in total. The molecule has 0 amide bonds. The van der Waals surface area contributed by atoms with Crippen molar-refractivity contribution in [3.63, 3.8) is 0 Å². The Kier molecular flexibility index (Phi) is 1.92. The van der Waals surface area contributed by atoms with Crippen LogP contribution in [0.15, 0.2) is 6.07 Å². The first-order valence-electron chi connectivity index (χ1n) is 4.16. The smallest absolute Gasteiger partial charge is 0.204 e. The third kappa shape index (κ3) is 1.27. The number of hydrogen-bond acceptors (Lipinski definition) is 2. The highest BCUT2D eigenvalue weighted by Crippen LogP contribution is 2.18. The standard InChI is InChI=1S/C9H10FNO2/c1-6(12)8-4-7-5-13-3-2-11(7)9(8)10/h4H,2-3,5H2,1H3. The Labute approximate surface area is 75.1 Å². The summed E-state index contributed by atoms with van der Waals surface area (Å²) in [6.07, 6.45) is 0. The molecule has 1 aliphatic heterocycles. The summed E-state index contributed by atoms with van der Waals surface area (Å²) in [4.78, 5) is 11.0. The van der Waals surface area contributed by atoms with Crippen molar-refractivity contribution >= 4 is 5.78 Å². The van der Waals surface area contributed by atoms with E-state index in [1.165, 1.54) is 11.5 Å². The monoisotopic (exact) mass is 183 g/mol. The molecule has 0 saturated heterocycles. The topological polar surface area (TPSA) is 31.2 Å². The van der Waals surface area contributed by atoms with E-state index in [1.54, 1.807) is 6.07 Å². The van der Waals surface area contributed by atoms with Gasteiger partial charge in [0, 0.05) is 12.2 Å². The Morgan fingerprint density at radius 3 is 3.08 bits per heavy atom. The molecule has 0 saturated carbocycles. The molecule has 0 atom stereocenters. The third-order valence-electron chi connectivity index (χ3n) is 2.21. The molecular weight excluding hydrogens is 173 g/mol. The molecular formula is C9H10FNO2. The lowest BCUT2D eigenvalue weighted by Crippen LogP contribution is -2.17. The molecule has 0 radical (unpaired) electrons. The summed E-state index contributed by atoms with van der Waals surface area (Å²) >= 11 is 0. The highest BCUT2D eigenvalue weighted by Gasteiger charge is 2.19. The number of rotatable bonds is 1. The molecule has 3 nitrogen and oxygen atoms in total. The van der Waals surface area contributed by atoms with Gasteiger partial charge in [-0.25, -0.2) is 0 Å². The van der Waals surface area contributed by atoms with Crippen molar-refractivity contribution in [1.29, 1.82) is 0 Å². The lowest BCUT2D eigenvalue weighted by atomic mass is 10.2. The molecule has 0 aliphatic carbocycles. The van der Waals surface area contributed by atoms with E-state index in [9.17, 15) is 9.18 Å². The number of fused-ring (bicyclic) bond motifs is 1. The first-order valence-corrected chi connectivity index (χ1v) is 4.16. The maximum absolute atomic E-state index is 13.5. The number of carbonyl (C=O) groups excluding carboxylic acids is 1. The van der Waals surface area contributed by atoms with Gasteiger partial charge < -0.3 is 9.30 Å². The van der Waals surface area contributed by atoms with Crippen molar-refractivity contribution in [1.82, 2.24) is 4.57 Å². The lowest BCUT2D eigenvalue weighted by molar-refractivity contribution is 0.0804. The fourth-order valence-electron chi connectivity index (χ4n) is 1.52. The second kappa shape index (κ2) is 2.96. The molecule has 70 valence electrons. The fourth-order valence-corrected chi connectivity index (χ4v) is 1.52. The van der Waals surface area contributed by atoms with Crippen LogP contribution in [0, 0.1) is 5.95 Å². The van der Waals surface area contributed by atoms with Crippen molar-refractivity contribution < 1.29 is 13.9 Å². The van der Waals surface area contributed by atoms with Crippen molar-refractivity contribution in [2.45, 2.75) is 20.1 Å². The minimum Gasteiger partial charge on any atom is -0.373 e. The molecule has 0 fully saturated rings. The van der Waals surface area contributed by atoms with Crippen LogP contribution >= 0.6 is 0 Å². The Hall–Kier alpha value is -1.16. The van der Waals surface area contributed by atoms with Crippen LogP contribution in [0.2, 0.25) is 0 Å². The number of hydrogen-bond donors (Lipinski definition) is 0. The second-order valence-electron chi connectivity index (χ2n) is 3.10. The van der Waals surface area contributed by atoms with E-state index >= 15 is 0 Å². The lowest BCUT2D eigenvalue weighted by Gasteiger charge is -2.15. The molecule has 2 heterocycles. The summed E-state index contributed by atoms with van der Waals surface area (Å²) in [6.45, 7) is 2.76. The van der Waals surface area contributed by atoms with Crippen LogP contribution in [0.4, 0.5) is 4.39 Å². The van der Waals surface area contributed by atoms with Gasteiger partial charge in [0.15, 0.2) is 5.78 Å². The Balaban J connectivity index is 2.50. The normalized spacial score (nSPS) is 15.5. The van der Waals surface area contributed by atoms with E-state index < -0.39 is 5.95 Å². The number of ether oxygens (including phenoxy) is 1. The van der Waals surface area contributed by atoms with Gasteiger partial charge in [-0.1, -0.05) is 0 Å². The second-order valence-corrected chi connectivity index (χ2v) is 3.10. The minimum absolute atomic E-state index is 0.167. The zero-order valence-corrected chi connectivity index (χ0v) is 7.34. The van der Waals surface area contributed by atoms with Gasteiger partial charge in [-0.15, -0.1) is 0 Å². The summed E-state index contributed by atoms with van der Waals surface area (Å²) in [7, 11) is 0.